The molecular formula is C7H7BrFN. The monoisotopic (exact) mass is 203 g/mol. The highest BCUT2D eigenvalue weighted by molar-refractivity contribution is 9.10. The largest absolute Gasteiger partial charge is 0.258 e. The lowest BCUT2D eigenvalue weighted by Gasteiger charge is -1.99. The summed E-state index contributed by atoms with van der Waals surface area (Å²) < 4.78 is 13.4. The van der Waals surface area contributed by atoms with Gasteiger partial charge in [0.25, 0.3) is 0 Å². The molecule has 1 aromatic rings. The van der Waals surface area contributed by atoms with E-state index in [4.69, 9.17) is 0 Å². The molecule has 0 aliphatic heterocycles. The molecule has 3 heteroatoms. The Hall–Kier alpha value is -0.440. The van der Waals surface area contributed by atoms with Gasteiger partial charge in [-0.25, -0.2) is 4.39 Å². The van der Waals surface area contributed by atoms with Crippen LogP contribution in [0.15, 0.2) is 10.7 Å². The molecule has 0 atom stereocenters. The predicted octanol–water partition coefficient (Wildman–Crippen LogP) is 2.60. The van der Waals surface area contributed by atoms with Crippen molar-refractivity contribution in [1.29, 1.82) is 0 Å². The molecule has 0 unspecified atom stereocenters. The topological polar surface area (TPSA) is 12.9 Å². The Morgan fingerprint density at radius 1 is 1.50 bits per heavy atom. The Balaban J connectivity index is 3.34. The molecule has 0 N–H and O–H groups in total. The first-order chi connectivity index (χ1) is 4.63. The molecule has 1 rings (SSSR count). The molecule has 1 nitrogen and oxygen atoms in total. The molecule has 1 aromatic heterocycles. The summed E-state index contributed by atoms with van der Waals surface area (Å²) in [6.45, 7) is 3.44. The summed E-state index contributed by atoms with van der Waals surface area (Å²) in [6, 6.07) is 0. The number of nitrogens with zero attached hydrogens (tertiary/aromatic N) is 1. The molecule has 0 fully saturated rings. The lowest BCUT2D eigenvalue weighted by molar-refractivity contribution is 0.601. The summed E-state index contributed by atoms with van der Waals surface area (Å²) in [7, 11) is 0. The minimum Gasteiger partial charge on any atom is -0.258 e. The van der Waals surface area contributed by atoms with Crippen LogP contribution in [0, 0.1) is 19.7 Å². The highest BCUT2D eigenvalue weighted by atomic mass is 79.9. The van der Waals surface area contributed by atoms with Gasteiger partial charge in [0, 0.05) is 6.20 Å². The van der Waals surface area contributed by atoms with E-state index in [9.17, 15) is 4.39 Å². The summed E-state index contributed by atoms with van der Waals surface area (Å²) in [4.78, 5) is 3.83. The van der Waals surface area contributed by atoms with E-state index >= 15 is 0 Å². The number of aromatic nitrogens is 1. The normalized spacial score (nSPS) is 10.0. The number of halogens is 2. The van der Waals surface area contributed by atoms with Crippen molar-refractivity contribution >= 4 is 15.9 Å². The first-order valence-electron chi connectivity index (χ1n) is 2.90. The average Bonchev–Trinajstić information content (AvgIpc) is 1.93. The van der Waals surface area contributed by atoms with Gasteiger partial charge in [-0.3, -0.25) is 4.98 Å². The molecule has 1 heterocycles. The maximum Gasteiger partial charge on any atom is 0.158 e. The van der Waals surface area contributed by atoms with Gasteiger partial charge in [0.15, 0.2) is 5.82 Å². The second-order valence-corrected chi connectivity index (χ2v) is 2.95. The molecule has 0 amide bonds. The van der Waals surface area contributed by atoms with E-state index in [0.29, 0.717) is 10.2 Å². The molecule has 0 spiro atoms. The van der Waals surface area contributed by atoms with E-state index in [-0.39, 0.29) is 5.82 Å². The van der Waals surface area contributed by atoms with E-state index in [0.717, 1.165) is 5.56 Å². The van der Waals surface area contributed by atoms with Gasteiger partial charge in [0.05, 0.1) is 10.2 Å². The quantitative estimate of drug-likeness (QED) is 0.632. The van der Waals surface area contributed by atoms with Crippen LogP contribution in [0.2, 0.25) is 0 Å². The van der Waals surface area contributed by atoms with Gasteiger partial charge in [-0.05, 0) is 35.3 Å². The van der Waals surface area contributed by atoms with Gasteiger partial charge in [-0.15, -0.1) is 0 Å². The maximum atomic E-state index is 12.9. The highest BCUT2D eigenvalue weighted by Gasteiger charge is 2.05. The first-order valence-corrected chi connectivity index (χ1v) is 3.69. The van der Waals surface area contributed by atoms with Crippen molar-refractivity contribution in [2.45, 2.75) is 13.8 Å². The fourth-order valence-corrected chi connectivity index (χ4v) is 1.03. The van der Waals surface area contributed by atoms with Gasteiger partial charge in [-0.1, -0.05) is 0 Å². The van der Waals surface area contributed by atoms with Crippen molar-refractivity contribution in [2.75, 3.05) is 0 Å². The van der Waals surface area contributed by atoms with Crippen LogP contribution < -0.4 is 0 Å². The van der Waals surface area contributed by atoms with Gasteiger partial charge in [0.1, 0.15) is 0 Å². The Bertz CT molecular complexity index is 233. The van der Waals surface area contributed by atoms with Gasteiger partial charge in [-0.2, -0.15) is 0 Å². The van der Waals surface area contributed by atoms with Crippen LogP contribution in [-0.4, -0.2) is 4.98 Å². The number of aryl methyl sites for hydroxylation is 2. The van der Waals surface area contributed by atoms with Crippen molar-refractivity contribution in [3.8, 4) is 0 Å². The summed E-state index contributed by atoms with van der Waals surface area (Å²) >= 11 is 3.11. The Labute approximate surface area is 67.4 Å². The van der Waals surface area contributed by atoms with E-state index in [1.165, 1.54) is 0 Å². The zero-order valence-corrected chi connectivity index (χ0v) is 7.37. The Morgan fingerprint density at radius 2 is 2.10 bits per heavy atom. The molecule has 0 saturated carbocycles. The van der Waals surface area contributed by atoms with E-state index < -0.39 is 0 Å². The molecule has 54 valence electrons. The van der Waals surface area contributed by atoms with Crippen LogP contribution in [0.1, 0.15) is 11.3 Å². The van der Waals surface area contributed by atoms with E-state index in [1.807, 2.05) is 0 Å². The molecule has 0 aliphatic carbocycles. The number of hydrogen-bond acceptors (Lipinski definition) is 1. The lowest BCUT2D eigenvalue weighted by atomic mass is 10.3. The summed E-state index contributed by atoms with van der Waals surface area (Å²) in [6.07, 6.45) is 1.64. The molecule has 0 saturated heterocycles. The SMILES string of the molecule is Cc1cnc(C)c(F)c1Br. The summed E-state index contributed by atoms with van der Waals surface area (Å²) in [5.74, 6) is -0.264. The summed E-state index contributed by atoms with van der Waals surface area (Å²) in [5.41, 5.74) is 1.25. The minimum atomic E-state index is -0.264. The van der Waals surface area contributed by atoms with Crippen LogP contribution >= 0.6 is 15.9 Å². The van der Waals surface area contributed by atoms with Crippen LogP contribution in [0.3, 0.4) is 0 Å². The van der Waals surface area contributed by atoms with E-state index in [2.05, 4.69) is 20.9 Å². The molecule has 0 radical (unpaired) electrons. The standard InChI is InChI=1S/C7H7BrFN/c1-4-3-10-5(2)7(9)6(4)8/h3H,1-2H3. The third-order valence-electron chi connectivity index (χ3n) is 1.31. The Kier molecular flexibility index (Phi) is 2.04. The van der Waals surface area contributed by atoms with Crippen LogP contribution in [0.25, 0.3) is 0 Å². The third-order valence-corrected chi connectivity index (χ3v) is 2.28. The molecule has 0 aromatic carbocycles. The maximum absolute atomic E-state index is 12.9. The fraction of sp³-hybridized carbons (Fsp3) is 0.286. The second-order valence-electron chi connectivity index (χ2n) is 2.15. The first kappa shape index (κ1) is 7.66. The van der Waals surface area contributed by atoms with Crippen molar-refractivity contribution in [3.05, 3.63) is 27.7 Å². The number of hydrogen-bond donors (Lipinski definition) is 0. The Morgan fingerprint density at radius 3 is 2.60 bits per heavy atom. The zero-order valence-electron chi connectivity index (χ0n) is 5.78. The van der Waals surface area contributed by atoms with Crippen molar-refractivity contribution in [1.82, 2.24) is 4.98 Å². The zero-order chi connectivity index (χ0) is 7.72. The van der Waals surface area contributed by atoms with E-state index in [1.54, 1.807) is 20.0 Å². The molecule has 10 heavy (non-hydrogen) atoms. The van der Waals surface area contributed by atoms with Crippen LogP contribution in [0.5, 0.6) is 0 Å². The summed E-state index contributed by atoms with van der Waals surface area (Å²) in [5, 5.41) is 0. The van der Waals surface area contributed by atoms with Gasteiger partial charge in [0.2, 0.25) is 0 Å². The minimum absolute atomic E-state index is 0.264. The molecule has 0 bridgehead atoms. The average molecular weight is 204 g/mol. The third kappa shape index (κ3) is 1.19. The van der Waals surface area contributed by atoms with Crippen LogP contribution in [-0.2, 0) is 0 Å². The second kappa shape index (κ2) is 2.66. The molecular weight excluding hydrogens is 197 g/mol. The number of rotatable bonds is 0. The van der Waals surface area contributed by atoms with Gasteiger partial charge < -0.3 is 0 Å². The predicted molar refractivity (Wildman–Crippen MR) is 41.4 cm³/mol. The molecule has 0 aliphatic rings. The van der Waals surface area contributed by atoms with Crippen molar-refractivity contribution in [3.63, 3.8) is 0 Å². The van der Waals surface area contributed by atoms with Crippen molar-refractivity contribution in [2.24, 2.45) is 0 Å². The van der Waals surface area contributed by atoms with Crippen molar-refractivity contribution < 1.29 is 4.39 Å². The van der Waals surface area contributed by atoms with Crippen LogP contribution in [0.4, 0.5) is 4.39 Å². The lowest BCUT2D eigenvalue weighted by Crippen LogP contribution is -1.90. The smallest absolute Gasteiger partial charge is 0.158 e. The van der Waals surface area contributed by atoms with Gasteiger partial charge >= 0.3 is 0 Å². The number of pyridine rings is 1. The fourth-order valence-electron chi connectivity index (χ4n) is 0.639. The highest BCUT2D eigenvalue weighted by Crippen LogP contribution is 2.20.